The Morgan fingerprint density at radius 2 is 0.647 bits per heavy atom. The molecule has 6 heteroatoms. The van der Waals surface area contributed by atoms with Crippen LogP contribution in [0.1, 0.15) is 246 Å². The summed E-state index contributed by atoms with van der Waals surface area (Å²) >= 11 is 0. The Kier molecular flexibility index (Phi) is 38.4. The zero-order valence-electron chi connectivity index (χ0n) is 34.6. The van der Waals surface area contributed by atoms with Crippen molar-refractivity contribution in [3.8, 4) is 0 Å². The normalized spacial score (nSPS) is 11.9. The average Bonchev–Trinajstić information content (AvgIpc) is 3.11. The molecule has 0 aromatic heterocycles. The minimum Gasteiger partial charge on any atom is -0.462 e. The fraction of sp³-hybridized carbons (Fsp3) is 0.933. The molecule has 0 aliphatic carbocycles. The molecule has 0 N–H and O–H groups in total. The number of ether oxygens (including phenoxy) is 3. The molecule has 0 saturated carbocycles. The molecule has 0 spiro atoms. The highest BCUT2D eigenvalue weighted by atomic mass is 16.6. The summed E-state index contributed by atoms with van der Waals surface area (Å²) in [5.74, 6) is -0.0963. The highest BCUT2D eigenvalue weighted by molar-refractivity contribution is 5.71. The number of carbonyl (C=O) groups is 3. The van der Waals surface area contributed by atoms with Crippen LogP contribution in [0.25, 0.3) is 0 Å². The SMILES string of the molecule is CCCCCCCCCCCCCCC(=O)OC[C@@H](COC(=O)CCCCCCCCC(C)C)OC(=O)CCCCCCCCCCCCCC. The van der Waals surface area contributed by atoms with Crippen molar-refractivity contribution < 1.29 is 28.6 Å². The van der Waals surface area contributed by atoms with Crippen LogP contribution in [0.3, 0.4) is 0 Å². The Bertz CT molecular complexity index is 766. The summed E-state index contributed by atoms with van der Waals surface area (Å²) in [4.78, 5) is 37.6. The summed E-state index contributed by atoms with van der Waals surface area (Å²) in [5, 5.41) is 0. The van der Waals surface area contributed by atoms with Crippen LogP contribution in [0.15, 0.2) is 0 Å². The third-order valence-electron chi connectivity index (χ3n) is 10.0. The smallest absolute Gasteiger partial charge is 0.306 e. The molecular formula is C45H86O6. The summed E-state index contributed by atoms with van der Waals surface area (Å²) in [6, 6.07) is 0. The van der Waals surface area contributed by atoms with E-state index in [2.05, 4.69) is 27.7 Å². The molecule has 0 radical (unpaired) electrons. The van der Waals surface area contributed by atoms with Gasteiger partial charge in [0.1, 0.15) is 13.2 Å². The second kappa shape index (κ2) is 39.6. The number of rotatable bonds is 40. The number of esters is 3. The largest absolute Gasteiger partial charge is 0.462 e. The van der Waals surface area contributed by atoms with E-state index in [0.717, 1.165) is 63.7 Å². The van der Waals surface area contributed by atoms with Crippen LogP contribution in [-0.4, -0.2) is 37.2 Å². The van der Waals surface area contributed by atoms with E-state index in [4.69, 9.17) is 14.2 Å². The van der Waals surface area contributed by atoms with E-state index >= 15 is 0 Å². The van der Waals surface area contributed by atoms with Crippen LogP contribution < -0.4 is 0 Å². The first kappa shape index (κ1) is 49.4. The van der Waals surface area contributed by atoms with Crippen molar-refractivity contribution in [3.05, 3.63) is 0 Å². The molecule has 51 heavy (non-hydrogen) atoms. The van der Waals surface area contributed by atoms with Crippen molar-refractivity contribution in [2.75, 3.05) is 13.2 Å². The van der Waals surface area contributed by atoms with E-state index < -0.39 is 6.10 Å². The molecule has 0 rings (SSSR count). The van der Waals surface area contributed by atoms with Crippen LogP contribution in [-0.2, 0) is 28.6 Å². The van der Waals surface area contributed by atoms with E-state index in [1.54, 1.807) is 0 Å². The van der Waals surface area contributed by atoms with Crippen LogP contribution >= 0.6 is 0 Å². The average molecular weight is 723 g/mol. The molecule has 302 valence electrons. The number of carbonyl (C=O) groups excluding carboxylic acids is 3. The Morgan fingerprint density at radius 1 is 0.373 bits per heavy atom. The molecule has 0 fully saturated rings. The van der Waals surface area contributed by atoms with Gasteiger partial charge in [-0.3, -0.25) is 14.4 Å². The van der Waals surface area contributed by atoms with Crippen molar-refractivity contribution in [1.82, 2.24) is 0 Å². The first-order valence-corrected chi connectivity index (χ1v) is 22.4. The van der Waals surface area contributed by atoms with Gasteiger partial charge in [-0.25, -0.2) is 0 Å². The Morgan fingerprint density at radius 3 is 0.961 bits per heavy atom. The van der Waals surface area contributed by atoms with Crippen LogP contribution in [0.2, 0.25) is 0 Å². The molecule has 0 heterocycles. The highest BCUT2D eigenvalue weighted by Crippen LogP contribution is 2.16. The summed E-state index contributed by atoms with van der Waals surface area (Å²) in [6.07, 6.45) is 38.1. The van der Waals surface area contributed by atoms with Crippen molar-refractivity contribution >= 4 is 17.9 Å². The van der Waals surface area contributed by atoms with Gasteiger partial charge in [0.15, 0.2) is 6.10 Å². The summed E-state index contributed by atoms with van der Waals surface area (Å²) in [7, 11) is 0. The number of unbranched alkanes of at least 4 members (excludes halogenated alkanes) is 27. The molecule has 0 amide bonds. The highest BCUT2D eigenvalue weighted by Gasteiger charge is 2.19. The monoisotopic (exact) mass is 723 g/mol. The second-order valence-electron chi connectivity index (χ2n) is 15.8. The molecule has 0 aliphatic heterocycles. The van der Waals surface area contributed by atoms with Gasteiger partial charge in [0, 0.05) is 19.3 Å². The maximum Gasteiger partial charge on any atom is 0.306 e. The predicted molar refractivity (Wildman–Crippen MR) is 215 cm³/mol. The molecule has 0 aliphatic rings. The third-order valence-corrected chi connectivity index (χ3v) is 10.0. The zero-order valence-corrected chi connectivity index (χ0v) is 34.6. The van der Waals surface area contributed by atoms with E-state index in [9.17, 15) is 14.4 Å². The molecule has 6 nitrogen and oxygen atoms in total. The van der Waals surface area contributed by atoms with Gasteiger partial charge >= 0.3 is 17.9 Å². The molecule has 0 unspecified atom stereocenters. The van der Waals surface area contributed by atoms with Crippen LogP contribution in [0, 0.1) is 5.92 Å². The van der Waals surface area contributed by atoms with Gasteiger partial charge in [-0.1, -0.05) is 207 Å². The van der Waals surface area contributed by atoms with E-state index in [-0.39, 0.29) is 31.1 Å². The summed E-state index contributed by atoms with van der Waals surface area (Å²) < 4.78 is 16.7. The third kappa shape index (κ3) is 39.5. The molecule has 0 aromatic carbocycles. The van der Waals surface area contributed by atoms with Gasteiger partial charge in [-0.15, -0.1) is 0 Å². The predicted octanol–water partition coefficient (Wildman–Crippen LogP) is 13.9. The van der Waals surface area contributed by atoms with Gasteiger partial charge in [0.05, 0.1) is 0 Å². The molecule has 0 aromatic rings. The van der Waals surface area contributed by atoms with Gasteiger partial charge in [0.2, 0.25) is 0 Å². The topological polar surface area (TPSA) is 78.9 Å². The minimum atomic E-state index is -0.759. The van der Waals surface area contributed by atoms with E-state index in [0.29, 0.717) is 19.3 Å². The first-order chi connectivity index (χ1) is 24.9. The second-order valence-corrected chi connectivity index (χ2v) is 15.8. The fourth-order valence-electron chi connectivity index (χ4n) is 6.63. The lowest BCUT2D eigenvalue weighted by Gasteiger charge is -2.18. The lowest BCUT2D eigenvalue weighted by molar-refractivity contribution is -0.167. The molecule has 0 bridgehead atoms. The quantitative estimate of drug-likeness (QED) is 0.0356. The van der Waals surface area contributed by atoms with Gasteiger partial charge in [-0.05, 0) is 25.2 Å². The lowest BCUT2D eigenvalue weighted by Crippen LogP contribution is -2.30. The molecule has 0 saturated heterocycles. The van der Waals surface area contributed by atoms with Crippen molar-refractivity contribution in [1.29, 1.82) is 0 Å². The van der Waals surface area contributed by atoms with Crippen LogP contribution in [0.4, 0.5) is 0 Å². The number of hydrogen-bond acceptors (Lipinski definition) is 6. The zero-order chi connectivity index (χ0) is 37.5. The Balaban J connectivity index is 4.32. The van der Waals surface area contributed by atoms with E-state index in [1.807, 2.05) is 0 Å². The Hall–Kier alpha value is -1.59. The molecule has 1 atom stereocenters. The lowest BCUT2D eigenvalue weighted by atomic mass is 10.0. The fourth-order valence-corrected chi connectivity index (χ4v) is 6.63. The maximum absolute atomic E-state index is 12.7. The van der Waals surface area contributed by atoms with Gasteiger partial charge < -0.3 is 14.2 Å². The minimum absolute atomic E-state index is 0.0646. The summed E-state index contributed by atoms with van der Waals surface area (Å²) in [5.41, 5.74) is 0. The maximum atomic E-state index is 12.7. The van der Waals surface area contributed by atoms with Crippen molar-refractivity contribution in [2.24, 2.45) is 5.92 Å². The van der Waals surface area contributed by atoms with E-state index in [1.165, 1.54) is 141 Å². The van der Waals surface area contributed by atoms with Crippen LogP contribution in [0.5, 0.6) is 0 Å². The Labute approximate surface area is 317 Å². The van der Waals surface area contributed by atoms with Crippen molar-refractivity contribution in [3.63, 3.8) is 0 Å². The van der Waals surface area contributed by atoms with Crippen molar-refractivity contribution in [2.45, 2.75) is 252 Å². The molecular weight excluding hydrogens is 636 g/mol. The standard InChI is InChI=1S/C45H86O6/c1-5-7-9-11-13-15-17-19-21-23-28-32-36-43(46)49-39-42(40-50-44(47)37-33-29-26-25-27-31-35-41(3)4)51-45(48)38-34-30-24-22-20-18-16-14-12-10-8-6-2/h41-42H,5-40H2,1-4H3/t42-/m0/s1. The number of hydrogen-bond donors (Lipinski definition) is 0. The summed E-state index contributed by atoms with van der Waals surface area (Å²) in [6.45, 7) is 8.92. The van der Waals surface area contributed by atoms with Gasteiger partial charge in [-0.2, -0.15) is 0 Å². The first-order valence-electron chi connectivity index (χ1n) is 22.4. The van der Waals surface area contributed by atoms with Gasteiger partial charge in [0.25, 0.3) is 0 Å².